The van der Waals surface area contributed by atoms with Gasteiger partial charge in [0.25, 0.3) is 0 Å². The zero-order valence-corrected chi connectivity index (χ0v) is 9.25. The number of halogens is 1. The van der Waals surface area contributed by atoms with Crippen molar-refractivity contribution in [3.8, 4) is 0 Å². The van der Waals surface area contributed by atoms with Crippen molar-refractivity contribution in [1.29, 1.82) is 0 Å². The van der Waals surface area contributed by atoms with Gasteiger partial charge >= 0.3 is 0 Å². The Labute approximate surface area is 87.0 Å². The van der Waals surface area contributed by atoms with Crippen molar-refractivity contribution in [2.75, 3.05) is 6.61 Å². The first-order valence-electron chi connectivity index (χ1n) is 4.60. The minimum Gasteiger partial charge on any atom is -0.357 e. The van der Waals surface area contributed by atoms with Crippen LogP contribution >= 0.6 is 15.9 Å². The molecule has 1 saturated heterocycles. The lowest BCUT2D eigenvalue weighted by Crippen LogP contribution is -2.27. The lowest BCUT2D eigenvalue weighted by Gasteiger charge is -2.23. The maximum atomic E-state index is 5.64. The summed E-state index contributed by atoms with van der Waals surface area (Å²) in [4.78, 5) is 0. The predicted octanol–water partition coefficient (Wildman–Crippen LogP) is 0.603. The Hall–Kier alpha value is -0.285. The molecule has 1 aromatic rings. The van der Waals surface area contributed by atoms with Crippen LogP contribution in [0.15, 0.2) is 10.7 Å². The Kier molecular flexibility index (Phi) is 2.74. The van der Waals surface area contributed by atoms with Crippen LogP contribution in [0.1, 0.15) is 25.5 Å². The van der Waals surface area contributed by atoms with Gasteiger partial charge in [-0.2, -0.15) is 5.10 Å². The highest BCUT2D eigenvalue weighted by atomic mass is 79.9. The summed E-state index contributed by atoms with van der Waals surface area (Å²) in [5.74, 6) is 0. The summed E-state index contributed by atoms with van der Waals surface area (Å²) in [6, 6.07) is 2.01. The van der Waals surface area contributed by atoms with Crippen molar-refractivity contribution >= 4 is 29.4 Å². The zero-order chi connectivity index (χ0) is 9.26. The molecule has 0 saturated carbocycles. The van der Waals surface area contributed by atoms with E-state index in [1.54, 1.807) is 0 Å². The van der Waals surface area contributed by atoms with E-state index < -0.39 is 0 Å². The van der Waals surface area contributed by atoms with Gasteiger partial charge in [0.1, 0.15) is 10.8 Å². The fourth-order valence-electron chi connectivity index (χ4n) is 1.66. The third-order valence-electron chi connectivity index (χ3n) is 2.32. The molecule has 70 valence electrons. The molecule has 5 heteroatoms. The van der Waals surface area contributed by atoms with Crippen molar-refractivity contribution in [3.05, 3.63) is 10.7 Å². The Morgan fingerprint density at radius 1 is 1.62 bits per heavy atom. The van der Waals surface area contributed by atoms with Gasteiger partial charge in [-0.1, -0.05) is 0 Å². The van der Waals surface area contributed by atoms with Crippen LogP contribution in [0.25, 0.3) is 0 Å². The highest BCUT2D eigenvalue weighted by Crippen LogP contribution is 2.21. The topological polar surface area (TPSA) is 27.1 Å². The summed E-state index contributed by atoms with van der Waals surface area (Å²) in [7, 11) is 2.05. The first-order chi connectivity index (χ1) is 6.27. The molecule has 1 fully saturated rings. The molecule has 1 aliphatic heterocycles. The average molecular weight is 243 g/mol. The Morgan fingerprint density at radius 3 is 3.00 bits per heavy atom. The summed E-state index contributed by atoms with van der Waals surface area (Å²) in [5, 5.41) is 4.34. The molecule has 0 radical (unpaired) electrons. The molecule has 13 heavy (non-hydrogen) atoms. The summed E-state index contributed by atoms with van der Waals surface area (Å²) >= 11 is 3.36. The quantitative estimate of drug-likeness (QED) is 0.675. The molecule has 1 atom stereocenters. The van der Waals surface area contributed by atoms with E-state index in [1.165, 1.54) is 12.8 Å². The first-order valence-corrected chi connectivity index (χ1v) is 5.40. The van der Waals surface area contributed by atoms with Crippen LogP contribution in [0, 0.1) is 0 Å². The molecule has 0 aromatic carbocycles. The van der Waals surface area contributed by atoms with Crippen LogP contribution in [0.5, 0.6) is 0 Å². The highest BCUT2D eigenvalue weighted by Gasteiger charge is 2.17. The minimum absolute atomic E-state index is 0.153. The van der Waals surface area contributed by atoms with Crippen molar-refractivity contribution in [2.45, 2.75) is 25.5 Å². The van der Waals surface area contributed by atoms with Crippen molar-refractivity contribution < 1.29 is 4.74 Å². The average Bonchev–Trinajstić information content (AvgIpc) is 2.47. The number of aromatic nitrogens is 2. The van der Waals surface area contributed by atoms with E-state index in [1.807, 2.05) is 10.7 Å². The number of rotatable bonds is 1. The molecule has 0 bridgehead atoms. The SMILES string of the molecule is Bc1cc(Br)nn1C1CCCCO1. The molecule has 0 N–H and O–H groups in total. The normalized spacial score (nSPS) is 23.3. The second-order valence-corrected chi connectivity index (χ2v) is 4.19. The first kappa shape index (κ1) is 9.28. The van der Waals surface area contributed by atoms with E-state index in [0.717, 1.165) is 23.2 Å². The van der Waals surface area contributed by atoms with Gasteiger partial charge < -0.3 is 4.74 Å². The van der Waals surface area contributed by atoms with E-state index in [9.17, 15) is 0 Å². The molecule has 2 rings (SSSR count). The van der Waals surface area contributed by atoms with E-state index in [-0.39, 0.29) is 6.23 Å². The molecular weight excluding hydrogens is 231 g/mol. The number of nitrogens with zero attached hydrogens (tertiary/aromatic N) is 2. The van der Waals surface area contributed by atoms with Crippen LogP contribution in [0.3, 0.4) is 0 Å². The molecule has 0 amide bonds. The van der Waals surface area contributed by atoms with Crippen LogP contribution in [0.2, 0.25) is 0 Å². The second-order valence-electron chi connectivity index (χ2n) is 3.37. The van der Waals surface area contributed by atoms with Crippen molar-refractivity contribution in [2.24, 2.45) is 0 Å². The lowest BCUT2D eigenvalue weighted by molar-refractivity contribution is -0.0376. The number of ether oxygens (including phenoxy) is 1. The molecule has 3 nitrogen and oxygen atoms in total. The predicted molar refractivity (Wildman–Crippen MR) is 56.9 cm³/mol. The third kappa shape index (κ3) is 1.97. The summed E-state index contributed by atoms with van der Waals surface area (Å²) < 4.78 is 8.49. The largest absolute Gasteiger partial charge is 0.357 e. The summed E-state index contributed by atoms with van der Waals surface area (Å²) in [6.45, 7) is 0.863. The third-order valence-corrected chi connectivity index (χ3v) is 2.71. The second kappa shape index (κ2) is 3.84. The summed E-state index contributed by atoms with van der Waals surface area (Å²) in [6.07, 6.45) is 3.65. The van der Waals surface area contributed by atoms with Gasteiger partial charge in [0.15, 0.2) is 7.85 Å². The van der Waals surface area contributed by atoms with Crippen LogP contribution in [-0.4, -0.2) is 24.2 Å². The smallest absolute Gasteiger partial charge is 0.163 e. The van der Waals surface area contributed by atoms with E-state index in [2.05, 4.69) is 28.9 Å². The minimum atomic E-state index is 0.153. The molecule has 2 heterocycles. The van der Waals surface area contributed by atoms with E-state index >= 15 is 0 Å². The fraction of sp³-hybridized carbons (Fsp3) is 0.625. The van der Waals surface area contributed by atoms with Gasteiger partial charge in [0, 0.05) is 6.61 Å². The van der Waals surface area contributed by atoms with Crippen LogP contribution < -0.4 is 5.59 Å². The van der Waals surface area contributed by atoms with Gasteiger partial charge in [-0.05, 0) is 46.9 Å². The Morgan fingerprint density at radius 2 is 2.46 bits per heavy atom. The molecule has 1 aromatic heterocycles. The lowest BCUT2D eigenvalue weighted by atomic mass is 10.0. The van der Waals surface area contributed by atoms with Gasteiger partial charge in [-0.3, -0.25) is 0 Å². The van der Waals surface area contributed by atoms with Crippen molar-refractivity contribution in [3.63, 3.8) is 0 Å². The number of hydrogen-bond donors (Lipinski definition) is 0. The molecule has 1 unspecified atom stereocenters. The van der Waals surface area contributed by atoms with Gasteiger partial charge in [0.2, 0.25) is 0 Å². The van der Waals surface area contributed by atoms with Gasteiger partial charge in [-0.15, -0.1) is 0 Å². The number of hydrogen-bond acceptors (Lipinski definition) is 2. The van der Waals surface area contributed by atoms with E-state index in [4.69, 9.17) is 4.74 Å². The summed E-state index contributed by atoms with van der Waals surface area (Å²) in [5.41, 5.74) is 1.15. The fourth-order valence-corrected chi connectivity index (χ4v) is 2.16. The maximum Gasteiger partial charge on any atom is 0.163 e. The van der Waals surface area contributed by atoms with Crippen LogP contribution in [0.4, 0.5) is 0 Å². The molecule has 0 spiro atoms. The molecule has 0 aliphatic carbocycles. The Balaban J connectivity index is 2.18. The van der Waals surface area contributed by atoms with Gasteiger partial charge in [-0.25, -0.2) is 4.68 Å². The monoisotopic (exact) mass is 242 g/mol. The standard InChI is InChI=1S/C8H12BBrN2O/c9-6-5-7(10)11-12(6)8-3-1-2-4-13-8/h5,8H,1-4,9H2. The van der Waals surface area contributed by atoms with E-state index in [0.29, 0.717) is 0 Å². The zero-order valence-electron chi connectivity index (χ0n) is 7.66. The van der Waals surface area contributed by atoms with Crippen molar-refractivity contribution in [1.82, 2.24) is 9.78 Å². The van der Waals surface area contributed by atoms with Crippen LogP contribution in [-0.2, 0) is 4.74 Å². The maximum absolute atomic E-state index is 5.64. The molecular formula is C8H12BBrN2O. The molecule has 1 aliphatic rings. The highest BCUT2D eigenvalue weighted by molar-refractivity contribution is 9.10. The van der Waals surface area contributed by atoms with Gasteiger partial charge in [0.05, 0.1) is 0 Å². The Bertz CT molecular complexity index is 296.